The second kappa shape index (κ2) is 7.03. The number of carbonyl (C=O) groups is 1. The van der Waals surface area contributed by atoms with E-state index in [9.17, 15) is 9.90 Å². The van der Waals surface area contributed by atoms with Crippen molar-refractivity contribution in [2.24, 2.45) is 0 Å². The van der Waals surface area contributed by atoms with Gasteiger partial charge in [-0.25, -0.2) is 14.8 Å². The quantitative estimate of drug-likeness (QED) is 0.720. The Labute approximate surface area is 156 Å². The maximum atomic E-state index is 11.5. The lowest BCUT2D eigenvalue weighted by Gasteiger charge is -2.22. The molecule has 2 N–H and O–H groups in total. The predicted octanol–water partition coefficient (Wildman–Crippen LogP) is 3.26. The summed E-state index contributed by atoms with van der Waals surface area (Å²) in [6.07, 6.45) is 2.11. The van der Waals surface area contributed by atoms with E-state index in [1.54, 1.807) is 12.1 Å². The second-order valence-corrected chi connectivity index (χ2v) is 6.48. The van der Waals surface area contributed by atoms with Crippen LogP contribution < -0.4 is 10.2 Å². The number of aromatic carboxylic acids is 1. The number of aromatic nitrogens is 3. The first-order valence-corrected chi connectivity index (χ1v) is 8.74. The molecule has 0 saturated carbocycles. The highest BCUT2D eigenvalue weighted by atomic mass is 16.4. The summed E-state index contributed by atoms with van der Waals surface area (Å²) in [5, 5.41) is 12.7. The molecule has 7 heteroatoms. The van der Waals surface area contributed by atoms with Gasteiger partial charge in [0, 0.05) is 18.3 Å². The molecule has 0 bridgehead atoms. The van der Waals surface area contributed by atoms with Crippen LogP contribution in [0.5, 0.6) is 0 Å². The number of carboxylic acid groups (broad SMARTS) is 1. The molecule has 1 unspecified atom stereocenters. The molecule has 0 aliphatic carbocycles. The normalized spacial score (nSPS) is 15.4. The number of benzene rings is 2. The molecule has 0 fully saturated rings. The minimum Gasteiger partial charge on any atom is -0.478 e. The van der Waals surface area contributed by atoms with Crippen LogP contribution >= 0.6 is 0 Å². The fraction of sp³-hybridized carbons (Fsp3) is 0.200. The number of rotatable bonds is 5. The Balaban J connectivity index is 1.61. The minimum absolute atomic E-state index is 0.0601. The van der Waals surface area contributed by atoms with E-state index >= 15 is 0 Å². The Bertz CT molecular complexity index is 977. The van der Waals surface area contributed by atoms with Crippen molar-refractivity contribution < 1.29 is 9.90 Å². The first-order valence-electron chi connectivity index (χ1n) is 8.74. The largest absolute Gasteiger partial charge is 0.478 e. The van der Waals surface area contributed by atoms with Crippen molar-refractivity contribution in [3.05, 3.63) is 71.5 Å². The lowest BCUT2D eigenvalue weighted by Crippen LogP contribution is -2.26. The van der Waals surface area contributed by atoms with Crippen LogP contribution in [0.1, 0.15) is 28.4 Å². The van der Waals surface area contributed by atoms with E-state index in [2.05, 4.69) is 20.3 Å². The molecule has 4 rings (SSSR count). The Morgan fingerprint density at radius 2 is 2.00 bits per heavy atom. The topological polar surface area (TPSA) is 91.2 Å². The zero-order chi connectivity index (χ0) is 18.8. The van der Waals surface area contributed by atoms with Gasteiger partial charge in [0.15, 0.2) is 0 Å². The number of nitrogens with one attached hydrogen (secondary N) is 1. The van der Waals surface area contributed by atoms with Gasteiger partial charge in [0.25, 0.3) is 0 Å². The highest BCUT2D eigenvalue weighted by Crippen LogP contribution is 2.38. The predicted molar refractivity (Wildman–Crippen MR) is 102 cm³/mol. The molecule has 1 atom stereocenters. The Hall–Kier alpha value is -3.48. The van der Waals surface area contributed by atoms with Gasteiger partial charge in [-0.3, -0.25) is 0 Å². The van der Waals surface area contributed by atoms with Crippen molar-refractivity contribution in [2.45, 2.75) is 25.9 Å². The van der Waals surface area contributed by atoms with E-state index in [0.29, 0.717) is 30.4 Å². The van der Waals surface area contributed by atoms with Gasteiger partial charge in [-0.15, -0.1) is 0 Å². The number of hydrogen-bond acceptors (Lipinski definition) is 6. The van der Waals surface area contributed by atoms with Crippen molar-refractivity contribution in [1.29, 1.82) is 0 Å². The molecular weight excluding hydrogens is 342 g/mol. The fourth-order valence-corrected chi connectivity index (χ4v) is 3.41. The van der Waals surface area contributed by atoms with E-state index in [4.69, 9.17) is 0 Å². The summed E-state index contributed by atoms with van der Waals surface area (Å²) >= 11 is 0. The molecule has 2 aromatic carbocycles. The van der Waals surface area contributed by atoms with Crippen LogP contribution in [0.25, 0.3) is 0 Å². The third kappa shape index (κ3) is 3.31. The molecule has 136 valence electrons. The lowest BCUT2D eigenvalue weighted by molar-refractivity contribution is 0.0696. The maximum Gasteiger partial charge on any atom is 0.336 e. The van der Waals surface area contributed by atoms with Gasteiger partial charge in [0.05, 0.1) is 5.56 Å². The smallest absolute Gasteiger partial charge is 0.336 e. The van der Waals surface area contributed by atoms with E-state index in [1.807, 2.05) is 48.2 Å². The summed E-state index contributed by atoms with van der Waals surface area (Å²) < 4.78 is 0. The third-order valence-corrected chi connectivity index (χ3v) is 4.65. The van der Waals surface area contributed by atoms with Gasteiger partial charge < -0.3 is 15.3 Å². The molecule has 27 heavy (non-hydrogen) atoms. The number of carboxylic acids is 1. The number of hydrogen-bond donors (Lipinski definition) is 2. The summed E-state index contributed by atoms with van der Waals surface area (Å²) in [6.45, 7) is 2.64. The van der Waals surface area contributed by atoms with Gasteiger partial charge in [-0.1, -0.05) is 36.4 Å². The summed E-state index contributed by atoms with van der Waals surface area (Å²) in [6, 6.07) is 15.4. The first kappa shape index (κ1) is 17.0. The van der Waals surface area contributed by atoms with Crippen molar-refractivity contribution in [3.63, 3.8) is 0 Å². The summed E-state index contributed by atoms with van der Waals surface area (Å²) in [5.41, 5.74) is 3.11. The standard InChI is InChI=1S/C20H19N5O2/c1-13-10-16-15(18(26)27)8-5-9-17(16)25(13)20-23-12-22-19(24-20)21-11-14-6-3-2-4-7-14/h2-9,12-13H,10-11H2,1H3,(H,26,27)(H,21,22,23,24). The third-order valence-electron chi connectivity index (χ3n) is 4.65. The lowest BCUT2D eigenvalue weighted by atomic mass is 10.0. The molecule has 1 aromatic heterocycles. The molecule has 0 saturated heterocycles. The zero-order valence-corrected chi connectivity index (χ0v) is 14.8. The molecule has 7 nitrogen and oxygen atoms in total. The van der Waals surface area contributed by atoms with E-state index in [-0.39, 0.29) is 6.04 Å². The van der Waals surface area contributed by atoms with Gasteiger partial charge in [-0.2, -0.15) is 4.98 Å². The van der Waals surface area contributed by atoms with E-state index < -0.39 is 5.97 Å². The van der Waals surface area contributed by atoms with Crippen LogP contribution in [0.2, 0.25) is 0 Å². The van der Waals surface area contributed by atoms with Gasteiger partial charge in [-0.05, 0) is 36.6 Å². The summed E-state index contributed by atoms with van der Waals surface area (Å²) in [4.78, 5) is 26.5. The Morgan fingerprint density at radius 3 is 2.78 bits per heavy atom. The minimum atomic E-state index is -0.915. The van der Waals surface area contributed by atoms with Gasteiger partial charge >= 0.3 is 5.97 Å². The van der Waals surface area contributed by atoms with Crippen molar-refractivity contribution in [3.8, 4) is 0 Å². The highest BCUT2D eigenvalue weighted by molar-refractivity contribution is 5.92. The fourth-order valence-electron chi connectivity index (χ4n) is 3.41. The van der Waals surface area contributed by atoms with Crippen LogP contribution in [0, 0.1) is 0 Å². The van der Waals surface area contributed by atoms with Gasteiger partial charge in [0.2, 0.25) is 11.9 Å². The summed E-state index contributed by atoms with van der Waals surface area (Å²) in [5.74, 6) is 0.0787. The zero-order valence-electron chi connectivity index (χ0n) is 14.8. The number of anilines is 3. The Morgan fingerprint density at radius 1 is 1.19 bits per heavy atom. The van der Waals surface area contributed by atoms with Crippen molar-refractivity contribution in [2.75, 3.05) is 10.2 Å². The van der Waals surface area contributed by atoms with Crippen LogP contribution in [0.4, 0.5) is 17.6 Å². The molecular formula is C20H19N5O2. The molecule has 0 spiro atoms. The van der Waals surface area contributed by atoms with Crippen LogP contribution in [0.15, 0.2) is 54.9 Å². The van der Waals surface area contributed by atoms with Crippen molar-refractivity contribution >= 4 is 23.6 Å². The molecule has 1 aliphatic rings. The summed E-state index contributed by atoms with van der Waals surface area (Å²) in [7, 11) is 0. The highest BCUT2D eigenvalue weighted by Gasteiger charge is 2.32. The van der Waals surface area contributed by atoms with E-state index in [1.165, 1.54) is 6.33 Å². The van der Waals surface area contributed by atoms with E-state index in [0.717, 1.165) is 16.8 Å². The Kier molecular flexibility index (Phi) is 4.42. The van der Waals surface area contributed by atoms with Crippen LogP contribution in [-0.4, -0.2) is 32.1 Å². The first-order chi connectivity index (χ1) is 13.1. The van der Waals surface area contributed by atoms with Crippen LogP contribution in [-0.2, 0) is 13.0 Å². The SMILES string of the molecule is CC1Cc2c(C(=O)O)cccc2N1c1ncnc(NCc2ccccc2)n1. The van der Waals surface area contributed by atoms with Gasteiger partial charge in [0.1, 0.15) is 6.33 Å². The monoisotopic (exact) mass is 361 g/mol. The molecule has 0 radical (unpaired) electrons. The molecule has 3 aromatic rings. The average Bonchev–Trinajstić information content (AvgIpc) is 3.03. The molecule has 2 heterocycles. The molecule has 0 amide bonds. The number of nitrogens with zero attached hydrogens (tertiary/aromatic N) is 4. The maximum absolute atomic E-state index is 11.5. The second-order valence-electron chi connectivity index (χ2n) is 6.48. The average molecular weight is 361 g/mol. The van der Waals surface area contributed by atoms with Crippen molar-refractivity contribution in [1.82, 2.24) is 15.0 Å². The number of fused-ring (bicyclic) bond motifs is 1. The van der Waals surface area contributed by atoms with Crippen LogP contribution in [0.3, 0.4) is 0 Å². The molecule has 1 aliphatic heterocycles.